The number of para-hydroxylation sites is 1. The molecule has 0 aliphatic carbocycles. The van der Waals surface area contributed by atoms with E-state index < -0.39 is 0 Å². The molecule has 3 rings (SSSR count). The Hall–Kier alpha value is -1.61. The Morgan fingerprint density at radius 3 is 2.72 bits per heavy atom. The highest BCUT2D eigenvalue weighted by molar-refractivity contribution is 5.79. The van der Waals surface area contributed by atoms with Crippen molar-refractivity contribution < 1.29 is 0 Å². The molecule has 0 radical (unpaired) electrons. The van der Waals surface area contributed by atoms with Gasteiger partial charge in [0.15, 0.2) is 0 Å². The SMILES string of the molecule is Cc1cc2ccccc2n(C2CCNCC2)c1=O. The zero-order valence-electron chi connectivity index (χ0n) is 10.6. The standard InChI is InChI=1S/C15H18N2O/c1-11-10-12-4-2-3-5-14(12)17(15(11)18)13-6-8-16-9-7-13/h2-5,10,13,16H,6-9H2,1H3. The minimum Gasteiger partial charge on any atom is -0.317 e. The van der Waals surface area contributed by atoms with Crippen molar-refractivity contribution in [3.05, 3.63) is 46.2 Å². The van der Waals surface area contributed by atoms with Crippen LogP contribution in [0.2, 0.25) is 0 Å². The van der Waals surface area contributed by atoms with E-state index in [1.807, 2.05) is 29.7 Å². The summed E-state index contributed by atoms with van der Waals surface area (Å²) < 4.78 is 2.01. The van der Waals surface area contributed by atoms with Crippen LogP contribution in [-0.2, 0) is 0 Å². The summed E-state index contributed by atoms with van der Waals surface area (Å²) in [7, 11) is 0. The Labute approximate surface area is 106 Å². The summed E-state index contributed by atoms with van der Waals surface area (Å²) in [6.07, 6.45) is 2.07. The van der Waals surface area contributed by atoms with Gasteiger partial charge >= 0.3 is 0 Å². The molecule has 1 aromatic carbocycles. The number of aryl methyl sites for hydroxylation is 1. The maximum Gasteiger partial charge on any atom is 0.254 e. The maximum absolute atomic E-state index is 12.4. The van der Waals surface area contributed by atoms with Gasteiger partial charge in [0.25, 0.3) is 5.56 Å². The van der Waals surface area contributed by atoms with Crippen LogP contribution in [0.25, 0.3) is 10.9 Å². The van der Waals surface area contributed by atoms with E-state index in [1.165, 1.54) is 0 Å². The molecule has 1 fully saturated rings. The van der Waals surface area contributed by atoms with Crippen LogP contribution >= 0.6 is 0 Å². The van der Waals surface area contributed by atoms with Crippen LogP contribution in [0, 0.1) is 6.92 Å². The minimum absolute atomic E-state index is 0.167. The predicted octanol–water partition coefficient (Wildman–Crippen LogP) is 2.23. The molecule has 0 spiro atoms. The first-order valence-corrected chi connectivity index (χ1v) is 6.59. The highest BCUT2D eigenvalue weighted by atomic mass is 16.1. The second kappa shape index (κ2) is 4.58. The molecule has 94 valence electrons. The molecule has 0 bridgehead atoms. The molecule has 18 heavy (non-hydrogen) atoms. The number of nitrogens with zero attached hydrogens (tertiary/aromatic N) is 1. The quantitative estimate of drug-likeness (QED) is 0.832. The third-order valence-corrected chi connectivity index (χ3v) is 3.80. The second-order valence-corrected chi connectivity index (χ2v) is 5.04. The van der Waals surface area contributed by atoms with E-state index in [0.717, 1.165) is 42.4 Å². The van der Waals surface area contributed by atoms with Crippen LogP contribution in [-0.4, -0.2) is 17.7 Å². The van der Waals surface area contributed by atoms with E-state index in [4.69, 9.17) is 0 Å². The number of aromatic nitrogens is 1. The van der Waals surface area contributed by atoms with Crippen molar-refractivity contribution in [2.45, 2.75) is 25.8 Å². The molecule has 2 heterocycles. The molecule has 1 aliphatic heterocycles. The van der Waals surface area contributed by atoms with Gasteiger partial charge in [0.05, 0.1) is 5.52 Å². The van der Waals surface area contributed by atoms with Gasteiger partial charge in [-0.2, -0.15) is 0 Å². The van der Waals surface area contributed by atoms with E-state index >= 15 is 0 Å². The normalized spacial score (nSPS) is 17.2. The van der Waals surface area contributed by atoms with Gasteiger partial charge in [-0.1, -0.05) is 18.2 Å². The molecule has 0 amide bonds. The van der Waals surface area contributed by atoms with Crippen molar-refractivity contribution in [3.63, 3.8) is 0 Å². The number of fused-ring (bicyclic) bond motifs is 1. The number of benzene rings is 1. The fraction of sp³-hybridized carbons (Fsp3) is 0.400. The summed E-state index contributed by atoms with van der Waals surface area (Å²) in [6.45, 7) is 3.91. The molecule has 0 unspecified atom stereocenters. The average molecular weight is 242 g/mol. The first kappa shape index (κ1) is 11.5. The van der Waals surface area contributed by atoms with Crippen molar-refractivity contribution in [2.24, 2.45) is 0 Å². The molecular formula is C15H18N2O. The van der Waals surface area contributed by atoms with Gasteiger partial charge in [-0.25, -0.2) is 0 Å². The molecular weight excluding hydrogens is 224 g/mol. The number of hydrogen-bond donors (Lipinski definition) is 1. The lowest BCUT2D eigenvalue weighted by atomic mass is 10.0. The first-order chi connectivity index (χ1) is 8.77. The van der Waals surface area contributed by atoms with E-state index in [9.17, 15) is 4.79 Å². The van der Waals surface area contributed by atoms with Gasteiger partial charge < -0.3 is 9.88 Å². The van der Waals surface area contributed by atoms with Crippen molar-refractivity contribution in [1.29, 1.82) is 0 Å². The molecule has 0 saturated carbocycles. The molecule has 0 atom stereocenters. The summed E-state index contributed by atoms with van der Waals surface area (Å²) in [5.74, 6) is 0. The lowest BCUT2D eigenvalue weighted by Crippen LogP contribution is -2.35. The minimum atomic E-state index is 0.167. The molecule has 1 aliphatic rings. The lowest BCUT2D eigenvalue weighted by Gasteiger charge is -2.26. The molecule has 1 saturated heterocycles. The van der Waals surface area contributed by atoms with E-state index in [0.29, 0.717) is 6.04 Å². The van der Waals surface area contributed by atoms with E-state index in [1.54, 1.807) is 0 Å². The van der Waals surface area contributed by atoms with Crippen molar-refractivity contribution in [1.82, 2.24) is 9.88 Å². The Morgan fingerprint density at radius 2 is 1.94 bits per heavy atom. The summed E-state index contributed by atoms with van der Waals surface area (Å²) >= 11 is 0. The summed E-state index contributed by atoms with van der Waals surface area (Å²) in [5, 5.41) is 4.51. The third-order valence-electron chi connectivity index (χ3n) is 3.80. The van der Waals surface area contributed by atoms with Crippen molar-refractivity contribution >= 4 is 10.9 Å². The molecule has 3 heteroatoms. The highest BCUT2D eigenvalue weighted by Crippen LogP contribution is 2.22. The Morgan fingerprint density at radius 1 is 1.22 bits per heavy atom. The average Bonchev–Trinajstić information content (AvgIpc) is 2.41. The molecule has 3 nitrogen and oxygen atoms in total. The van der Waals surface area contributed by atoms with Crippen molar-refractivity contribution in [3.8, 4) is 0 Å². The largest absolute Gasteiger partial charge is 0.317 e. The van der Waals surface area contributed by atoms with Gasteiger partial charge in [0.2, 0.25) is 0 Å². The van der Waals surface area contributed by atoms with Gasteiger partial charge in [0, 0.05) is 11.6 Å². The topological polar surface area (TPSA) is 34.0 Å². The molecule has 1 aromatic heterocycles. The Balaban J connectivity index is 2.24. The summed E-state index contributed by atoms with van der Waals surface area (Å²) in [4.78, 5) is 12.4. The lowest BCUT2D eigenvalue weighted by molar-refractivity contribution is 0.368. The Bertz CT molecular complexity index is 624. The van der Waals surface area contributed by atoms with Crippen LogP contribution in [0.5, 0.6) is 0 Å². The van der Waals surface area contributed by atoms with Crippen LogP contribution in [0.1, 0.15) is 24.4 Å². The van der Waals surface area contributed by atoms with Gasteiger partial charge in [-0.05, 0) is 50.4 Å². The number of pyridine rings is 1. The first-order valence-electron chi connectivity index (χ1n) is 6.59. The van der Waals surface area contributed by atoms with Crippen LogP contribution in [0.4, 0.5) is 0 Å². The van der Waals surface area contributed by atoms with Gasteiger partial charge in [0.1, 0.15) is 0 Å². The smallest absolute Gasteiger partial charge is 0.254 e. The van der Waals surface area contributed by atoms with Crippen LogP contribution in [0.3, 0.4) is 0 Å². The summed E-state index contributed by atoms with van der Waals surface area (Å²) in [6, 6.07) is 10.5. The number of hydrogen-bond acceptors (Lipinski definition) is 2. The predicted molar refractivity (Wildman–Crippen MR) is 74.1 cm³/mol. The van der Waals surface area contributed by atoms with Gasteiger partial charge in [-0.3, -0.25) is 4.79 Å². The monoisotopic (exact) mass is 242 g/mol. The number of piperidine rings is 1. The fourth-order valence-corrected chi connectivity index (χ4v) is 2.85. The third kappa shape index (κ3) is 1.85. The number of rotatable bonds is 1. The maximum atomic E-state index is 12.4. The van der Waals surface area contributed by atoms with Crippen LogP contribution in [0.15, 0.2) is 35.1 Å². The summed E-state index contributed by atoms with van der Waals surface area (Å²) in [5.41, 5.74) is 2.08. The molecule has 2 aromatic rings. The van der Waals surface area contributed by atoms with E-state index in [-0.39, 0.29) is 5.56 Å². The molecule has 1 N–H and O–H groups in total. The van der Waals surface area contributed by atoms with Crippen molar-refractivity contribution in [2.75, 3.05) is 13.1 Å². The van der Waals surface area contributed by atoms with E-state index in [2.05, 4.69) is 17.4 Å². The van der Waals surface area contributed by atoms with Crippen LogP contribution < -0.4 is 10.9 Å². The fourth-order valence-electron chi connectivity index (χ4n) is 2.85. The Kier molecular flexibility index (Phi) is 2.92. The zero-order valence-corrected chi connectivity index (χ0v) is 10.6. The van der Waals surface area contributed by atoms with Gasteiger partial charge in [-0.15, -0.1) is 0 Å². The number of nitrogens with one attached hydrogen (secondary N) is 1. The highest BCUT2D eigenvalue weighted by Gasteiger charge is 2.18. The zero-order chi connectivity index (χ0) is 12.5. The second-order valence-electron chi connectivity index (χ2n) is 5.04.